The molecule has 2 aromatic carbocycles. The minimum Gasteiger partial charge on any atom is -0.491 e. The van der Waals surface area contributed by atoms with Gasteiger partial charge in [-0.1, -0.05) is 0 Å². The van der Waals surface area contributed by atoms with Crippen molar-refractivity contribution in [3.05, 3.63) is 47.8 Å². The second kappa shape index (κ2) is 11.2. The molecule has 3 N–H and O–H groups in total. The van der Waals surface area contributed by atoms with Gasteiger partial charge in [0, 0.05) is 43.2 Å². The molecule has 2 atom stereocenters. The maximum absolute atomic E-state index is 14.9. The molecule has 4 rings (SSSR count). The fourth-order valence-corrected chi connectivity index (χ4v) is 4.24. The van der Waals surface area contributed by atoms with Crippen LogP contribution in [0.3, 0.4) is 0 Å². The van der Waals surface area contributed by atoms with Gasteiger partial charge in [0.15, 0.2) is 6.17 Å². The van der Waals surface area contributed by atoms with Crippen LogP contribution in [0.1, 0.15) is 37.9 Å². The van der Waals surface area contributed by atoms with E-state index in [0.29, 0.717) is 48.1 Å². The Labute approximate surface area is 203 Å². The number of carbonyl (C=O) groups excluding carboxylic acids is 2. The van der Waals surface area contributed by atoms with E-state index in [2.05, 4.69) is 20.9 Å². The summed E-state index contributed by atoms with van der Waals surface area (Å²) < 4.78 is 25.4. The zero-order chi connectivity index (χ0) is 24.8. The molecule has 10 heteroatoms. The zero-order valence-electron chi connectivity index (χ0n) is 19.8. The molecule has 0 radical (unpaired) electrons. The van der Waals surface area contributed by atoms with E-state index >= 15 is 0 Å². The third-order valence-electron chi connectivity index (χ3n) is 6.03. The van der Waals surface area contributed by atoms with Gasteiger partial charge in [0.25, 0.3) is 0 Å². The first-order valence-corrected chi connectivity index (χ1v) is 11.6. The highest BCUT2D eigenvalue weighted by molar-refractivity contribution is 6.03. The lowest BCUT2D eigenvalue weighted by Crippen LogP contribution is -2.35. The molecule has 2 aliphatic rings. The van der Waals surface area contributed by atoms with E-state index in [1.807, 2.05) is 6.92 Å². The number of rotatable bonds is 9. The van der Waals surface area contributed by atoms with Gasteiger partial charge < -0.3 is 30.3 Å². The summed E-state index contributed by atoms with van der Waals surface area (Å²) in [7, 11) is 1.57. The molecule has 2 unspecified atom stereocenters. The molecule has 9 nitrogen and oxygen atoms in total. The largest absolute Gasteiger partial charge is 0.491 e. The molecule has 1 fully saturated rings. The lowest BCUT2D eigenvalue weighted by atomic mass is 10.1. The maximum atomic E-state index is 14.9. The number of amides is 2. The topological polar surface area (TPSA) is 104 Å². The number of carbonyl (C=O) groups is 2. The van der Waals surface area contributed by atoms with Crippen molar-refractivity contribution >= 4 is 35.2 Å². The van der Waals surface area contributed by atoms with Gasteiger partial charge in [-0.2, -0.15) is 0 Å². The standard InChI is InChI=1S/C25H30FN5O4/c1-16-4-3-9-31(16)23(33)14-22(32)29-17-5-7-18(8-6-17)30-25-24-20(26)12-19(35-11-10-34-2)13-21(24)27-15-28-25/h5-8,12-13,15-16,25,30H,3-4,9-11,14H2,1-2H3,(H,27,28)(H,29,32). The van der Waals surface area contributed by atoms with Crippen molar-refractivity contribution in [3.8, 4) is 5.75 Å². The van der Waals surface area contributed by atoms with Crippen LogP contribution in [-0.4, -0.2) is 56.0 Å². The molecule has 0 spiro atoms. The number of hydrogen-bond donors (Lipinski definition) is 3. The molecule has 2 heterocycles. The number of methoxy groups -OCH3 is 1. The second-order valence-electron chi connectivity index (χ2n) is 8.56. The van der Waals surface area contributed by atoms with E-state index in [9.17, 15) is 14.0 Å². The number of benzene rings is 2. The van der Waals surface area contributed by atoms with Crippen LogP contribution in [-0.2, 0) is 14.3 Å². The first-order valence-electron chi connectivity index (χ1n) is 11.6. The van der Waals surface area contributed by atoms with E-state index in [4.69, 9.17) is 9.47 Å². The Bertz CT molecular complexity index is 1090. The Hall–Kier alpha value is -3.66. The summed E-state index contributed by atoms with van der Waals surface area (Å²) in [5.41, 5.74) is 2.20. The molecule has 2 aromatic rings. The number of fused-ring (bicyclic) bond motifs is 1. The van der Waals surface area contributed by atoms with Gasteiger partial charge in [0.1, 0.15) is 24.6 Å². The fraction of sp³-hybridized carbons (Fsp3) is 0.400. The minimum atomic E-state index is -0.639. The number of nitrogens with zero attached hydrogens (tertiary/aromatic N) is 2. The van der Waals surface area contributed by atoms with Gasteiger partial charge in [0.2, 0.25) is 11.8 Å². The third kappa shape index (κ3) is 6.07. The number of nitrogens with one attached hydrogen (secondary N) is 3. The highest BCUT2D eigenvalue weighted by atomic mass is 19.1. The molecule has 0 aromatic heterocycles. The second-order valence-corrected chi connectivity index (χ2v) is 8.56. The van der Waals surface area contributed by atoms with Gasteiger partial charge >= 0.3 is 0 Å². The van der Waals surface area contributed by atoms with E-state index in [1.165, 1.54) is 12.4 Å². The molecule has 0 aliphatic carbocycles. The summed E-state index contributed by atoms with van der Waals surface area (Å²) >= 11 is 0. The van der Waals surface area contributed by atoms with Crippen LogP contribution in [0.25, 0.3) is 0 Å². The minimum absolute atomic E-state index is 0.150. The van der Waals surface area contributed by atoms with Gasteiger partial charge in [-0.05, 0) is 44.0 Å². The molecule has 1 saturated heterocycles. The van der Waals surface area contributed by atoms with Crippen molar-refractivity contribution < 1.29 is 23.5 Å². The normalized spacial score (nSPS) is 18.5. The molecule has 2 amide bonds. The molecule has 186 valence electrons. The highest BCUT2D eigenvalue weighted by Crippen LogP contribution is 2.35. The number of likely N-dealkylation sites (tertiary alicyclic amines) is 1. The van der Waals surface area contributed by atoms with Crippen molar-refractivity contribution in [2.75, 3.05) is 42.8 Å². The van der Waals surface area contributed by atoms with Crippen LogP contribution in [0.5, 0.6) is 5.75 Å². The van der Waals surface area contributed by atoms with Crippen molar-refractivity contribution in [3.63, 3.8) is 0 Å². The molecule has 0 bridgehead atoms. The smallest absolute Gasteiger partial charge is 0.233 e. The molecule has 0 saturated carbocycles. The fourth-order valence-electron chi connectivity index (χ4n) is 4.24. The average Bonchev–Trinajstić information content (AvgIpc) is 3.26. The number of anilines is 3. The van der Waals surface area contributed by atoms with Crippen molar-refractivity contribution in [2.45, 2.75) is 38.4 Å². The van der Waals surface area contributed by atoms with E-state index < -0.39 is 12.0 Å². The summed E-state index contributed by atoms with van der Waals surface area (Å²) in [6, 6.07) is 10.2. The van der Waals surface area contributed by atoms with Crippen molar-refractivity contribution in [1.82, 2.24) is 4.90 Å². The van der Waals surface area contributed by atoms with Crippen LogP contribution < -0.4 is 20.7 Å². The lowest BCUT2D eigenvalue weighted by Gasteiger charge is -2.24. The summed E-state index contributed by atoms with van der Waals surface area (Å²) in [5.74, 6) is -0.546. The van der Waals surface area contributed by atoms with Crippen LogP contribution in [0.2, 0.25) is 0 Å². The van der Waals surface area contributed by atoms with Crippen molar-refractivity contribution in [2.24, 2.45) is 4.99 Å². The Morgan fingerprint density at radius 3 is 2.69 bits per heavy atom. The predicted molar refractivity (Wildman–Crippen MR) is 132 cm³/mol. The Balaban J connectivity index is 1.36. The van der Waals surface area contributed by atoms with Crippen LogP contribution in [0.4, 0.5) is 21.5 Å². The van der Waals surface area contributed by atoms with E-state index in [-0.39, 0.29) is 24.3 Å². The molecule has 2 aliphatic heterocycles. The average molecular weight is 484 g/mol. The number of aliphatic imine (C=N–C) groups is 1. The van der Waals surface area contributed by atoms with Crippen molar-refractivity contribution in [1.29, 1.82) is 0 Å². The zero-order valence-corrected chi connectivity index (χ0v) is 19.8. The molecular formula is C25H30FN5O4. The lowest BCUT2D eigenvalue weighted by molar-refractivity contribution is -0.135. The summed E-state index contributed by atoms with van der Waals surface area (Å²) in [6.07, 6.45) is 2.63. The SMILES string of the molecule is COCCOc1cc(F)c2c(c1)NC=NC2Nc1ccc(NC(=O)CC(=O)N2CCCC2C)cc1. The first kappa shape index (κ1) is 24.5. The quantitative estimate of drug-likeness (QED) is 0.371. The Morgan fingerprint density at radius 2 is 1.97 bits per heavy atom. The summed E-state index contributed by atoms with van der Waals surface area (Å²) in [6.45, 7) is 3.43. The third-order valence-corrected chi connectivity index (χ3v) is 6.03. The highest BCUT2D eigenvalue weighted by Gasteiger charge is 2.26. The van der Waals surface area contributed by atoms with E-state index in [1.54, 1.807) is 42.3 Å². The van der Waals surface area contributed by atoms with Crippen LogP contribution >= 0.6 is 0 Å². The Kier molecular flexibility index (Phi) is 7.81. The summed E-state index contributed by atoms with van der Waals surface area (Å²) in [4.78, 5) is 30.7. The van der Waals surface area contributed by atoms with Gasteiger partial charge in [0.05, 0.1) is 24.2 Å². The molecular weight excluding hydrogens is 453 g/mol. The maximum Gasteiger partial charge on any atom is 0.233 e. The van der Waals surface area contributed by atoms with Crippen LogP contribution in [0, 0.1) is 5.82 Å². The molecule has 35 heavy (non-hydrogen) atoms. The van der Waals surface area contributed by atoms with Gasteiger partial charge in [-0.3, -0.25) is 9.59 Å². The monoisotopic (exact) mass is 483 g/mol. The summed E-state index contributed by atoms with van der Waals surface area (Å²) in [5, 5.41) is 8.91. The van der Waals surface area contributed by atoms with Gasteiger partial charge in [-0.15, -0.1) is 0 Å². The van der Waals surface area contributed by atoms with E-state index in [0.717, 1.165) is 12.8 Å². The number of ether oxygens (including phenoxy) is 2. The number of halogens is 1. The van der Waals surface area contributed by atoms with Gasteiger partial charge in [-0.25, -0.2) is 9.38 Å². The van der Waals surface area contributed by atoms with Crippen LogP contribution in [0.15, 0.2) is 41.4 Å². The first-order chi connectivity index (χ1) is 16.9. The predicted octanol–water partition coefficient (Wildman–Crippen LogP) is 3.75. The number of hydrogen-bond acceptors (Lipinski definition) is 7. The Morgan fingerprint density at radius 1 is 1.20 bits per heavy atom.